The number of alkyl halides is 2. The van der Waals surface area contributed by atoms with Crippen molar-refractivity contribution in [2.45, 2.75) is 11.5 Å². The minimum absolute atomic E-state index is 0.381. The zero-order valence-corrected chi connectivity index (χ0v) is 13.3. The summed E-state index contributed by atoms with van der Waals surface area (Å²) in [6, 6.07) is 0.381. The highest BCUT2D eigenvalue weighted by molar-refractivity contribution is 6.25. The van der Waals surface area contributed by atoms with Gasteiger partial charge in [0.05, 0.1) is 5.69 Å². The minimum atomic E-state index is -3.06. The maximum Gasteiger partial charge on any atom is 0.341 e. The molecule has 1 atom stereocenters. The van der Waals surface area contributed by atoms with E-state index in [-0.39, 0.29) is 5.69 Å². The van der Waals surface area contributed by atoms with Crippen LogP contribution in [-0.2, 0) is 6.42 Å². The fourth-order valence-corrected chi connectivity index (χ4v) is 2.70. The quantitative estimate of drug-likeness (QED) is 0.607. The molecule has 0 saturated carbocycles. The van der Waals surface area contributed by atoms with Crippen LogP contribution < -0.4 is 11.2 Å². The Bertz CT molecular complexity index is 1050. The minimum Gasteiger partial charge on any atom is -0.477 e. The third-order valence-electron chi connectivity index (χ3n) is 3.75. The number of carboxylic acid groups (broad SMARTS) is 1. The molecule has 0 bridgehead atoms. The molecule has 2 heterocycles. The molecule has 0 aliphatic heterocycles. The molecule has 0 radical (unpaired) electrons. The molecule has 0 saturated heterocycles. The number of nitrogens with zero attached hydrogens (tertiary/aromatic N) is 2. The lowest BCUT2D eigenvalue weighted by molar-refractivity contribution is 0.0694. The number of anilines is 1. The Hall–Kier alpha value is -2.88. The molecule has 6 nitrogen and oxygen atoms in total. The monoisotopic (exact) mass is 389 g/mol. The molecular weight excluding hydrogens is 382 g/mol. The second-order valence-corrected chi connectivity index (χ2v) is 6.04. The number of rotatable bonds is 2. The van der Waals surface area contributed by atoms with Crippen molar-refractivity contribution >= 4 is 29.5 Å². The first kappa shape index (κ1) is 17.9. The molecule has 3 N–H and O–H groups in total. The normalized spacial score (nSPS) is 19.0. The van der Waals surface area contributed by atoms with Gasteiger partial charge in [0.15, 0.2) is 34.5 Å². The average molecular weight is 390 g/mol. The van der Waals surface area contributed by atoms with Gasteiger partial charge in [-0.1, -0.05) is 11.6 Å². The average Bonchev–Trinajstić information content (AvgIpc) is 2.53. The Morgan fingerprint density at radius 1 is 1.35 bits per heavy atom. The lowest BCUT2D eigenvalue weighted by Crippen LogP contribution is -2.33. The highest BCUT2D eigenvalue weighted by Gasteiger charge is 2.40. The van der Waals surface area contributed by atoms with Crippen LogP contribution in [0.15, 0.2) is 22.9 Å². The second kappa shape index (κ2) is 5.84. The fraction of sp³-hybridized carbons (Fsp3) is 0.133. The first-order valence-electron chi connectivity index (χ1n) is 6.92. The van der Waals surface area contributed by atoms with E-state index in [1.807, 2.05) is 0 Å². The molecule has 0 amide bonds. The van der Waals surface area contributed by atoms with Crippen molar-refractivity contribution < 1.29 is 27.5 Å². The van der Waals surface area contributed by atoms with Gasteiger partial charge in [-0.2, -0.15) is 0 Å². The molecule has 136 valence electrons. The number of fused-ring (bicyclic) bond motifs is 1. The number of carbonyl (C=O) groups is 1. The Labute approximate surface area is 147 Å². The van der Waals surface area contributed by atoms with Crippen LogP contribution in [0.25, 0.3) is 11.9 Å². The van der Waals surface area contributed by atoms with Gasteiger partial charge in [0.2, 0.25) is 5.13 Å². The van der Waals surface area contributed by atoms with E-state index in [1.165, 1.54) is 0 Å². The molecule has 1 unspecified atom stereocenters. The van der Waals surface area contributed by atoms with Crippen LogP contribution in [0.1, 0.15) is 21.6 Å². The van der Waals surface area contributed by atoms with E-state index in [2.05, 4.69) is 4.98 Å². The lowest BCUT2D eigenvalue weighted by atomic mass is 9.96. The van der Waals surface area contributed by atoms with Crippen molar-refractivity contribution in [3.63, 3.8) is 0 Å². The van der Waals surface area contributed by atoms with E-state index < -0.39 is 63.2 Å². The van der Waals surface area contributed by atoms with Crippen molar-refractivity contribution in [2.75, 3.05) is 5.73 Å². The maximum atomic E-state index is 14.1. The second-order valence-electron chi connectivity index (χ2n) is 5.45. The SMILES string of the molecule is Nc1nc(-n2cc(C(=O)O)c(=O)c3c2C=C(F)C(F)(Cl)C3)c(F)cc1F. The summed E-state index contributed by atoms with van der Waals surface area (Å²) in [6.45, 7) is 0. The van der Waals surface area contributed by atoms with Gasteiger partial charge in [0, 0.05) is 24.2 Å². The number of aromatic nitrogens is 2. The number of aromatic carboxylic acids is 1. The Morgan fingerprint density at radius 2 is 2.00 bits per heavy atom. The van der Waals surface area contributed by atoms with Crippen LogP contribution >= 0.6 is 11.6 Å². The van der Waals surface area contributed by atoms with Crippen molar-refractivity contribution in [2.24, 2.45) is 0 Å². The van der Waals surface area contributed by atoms with Crippen molar-refractivity contribution in [1.82, 2.24) is 9.55 Å². The van der Waals surface area contributed by atoms with Gasteiger partial charge in [-0.15, -0.1) is 0 Å². The molecule has 0 fully saturated rings. The number of pyridine rings is 2. The number of nitrogen functional groups attached to an aromatic ring is 1. The van der Waals surface area contributed by atoms with Gasteiger partial charge in [-0.25, -0.2) is 27.3 Å². The molecule has 0 spiro atoms. The maximum absolute atomic E-state index is 14.1. The van der Waals surface area contributed by atoms with Crippen molar-refractivity contribution in [3.8, 4) is 5.82 Å². The van der Waals surface area contributed by atoms with Crippen LogP contribution in [0.3, 0.4) is 0 Å². The first-order valence-corrected chi connectivity index (χ1v) is 7.30. The predicted molar refractivity (Wildman–Crippen MR) is 83.6 cm³/mol. The summed E-state index contributed by atoms with van der Waals surface area (Å²) < 4.78 is 56.1. The van der Waals surface area contributed by atoms with Crippen LogP contribution in [-0.4, -0.2) is 25.8 Å². The molecule has 2 aromatic rings. The van der Waals surface area contributed by atoms with Crippen molar-refractivity contribution in [1.29, 1.82) is 0 Å². The van der Waals surface area contributed by atoms with Gasteiger partial charge in [-0.3, -0.25) is 9.36 Å². The molecular formula is C15H8ClF4N3O3. The number of allylic oxidation sites excluding steroid dienone is 1. The Morgan fingerprint density at radius 3 is 2.62 bits per heavy atom. The molecule has 11 heteroatoms. The summed E-state index contributed by atoms with van der Waals surface area (Å²) in [5, 5.41) is 6.10. The molecule has 0 aromatic carbocycles. The van der Waals surface area contributed by atoms with Gasteiger partial charge in [-0.05, 0) is 6.08 Å². The lowest BCUT2D eigenvalue weighted by Gasteiger charge is -2.25. The van der Waals surface area contributed by atoms with Crippen LogP contribution in [0, 0.1) is 11.6 Å². The molecule has 1 aliphatic carbocycles. The third-order valence-corrected chi connectivity index (χ3v) is 4.07. The summed E-state index contributed by atoms with van der Waals surface area (Å²) in [6.07, 6.45) is 0.180. The Balaban J connectivity index is 2.43. The zero-order chi connectivity index (χ0) is 19.4. The van der Waals surface area contributed by atoms with E-state index in [4.69, 9.17) is 22.4 Å². The van der Waals surface area contributed by atoms with Crippen molar-refractivity contribution in [3.05, 3.63) is 56.8 Å². The molecule has 3 rings (SSSR count). The van der Waals surface area contributed by atoms with Gasteiger partial charge >= 0.3 is 5.97 Å². The van der Waals surface area contributed by atoms with E-state index in [0.29, 0.717) is 22.9 Å². The van der Waals surface area contributed by atoms with Gasteiger partial charge in [0.1, 0.15) is 5.56 Å². The topological polar surface area (TPSA) is 98.2 Å². The number of nitrogens with two attached hydrogens (primary N) is 1. The fourth-order valence-electron chi connectivity index (χ4n) is 2.51. The third kappa shape index (κ3) is 2.71. The van der Waals surface area contributed by atoms with E-state index in [9.17, 15) is 27.2 Å². The van der Waals surface area contributed by atoms with Crippen LogP contribution in [0.2, 0.25) is 0 Å². The van der Waals surface area contributed by atoms with E-state index in [0.717, 1.165) is 0 Å². The summed E-state index contributed by atoms with van der Waals surface area (Å²) in [5.74, 6) is -7.04. The van der Waals surface area contributed by atoms with Crippen LogP contribution in [0.5, 0.6) is 0 Å². The molecule has 1 aliphatic rings. The Kier molecular flexibility index (Phi) is 4.02. The highest BCUT2D eigenvalue weighted by Crippen LogP contribution is 2.38. The van der Waals surface area contributed by atoms with Gasteiger partial charge in [0.25, 0.3) is 0 Å². The van der Waals surface area contributed by atoms with Crippen LogP contribution in [0.4, 0.5) is 23.4 Å². The van der Waals surface area contributed by atoms with Gasteiger partial charge < -0.3 is 10.8 Å². The van der Waals surface area contributed by atoms with E-state index >= 15 is 0 Å². The smallest absolute Gasteiger partial charge is 0.341 e. The highest BCUT2D eigenvalue weighted by atomic mass is 35.5. The summed E-state index contributed by atoms with van der Waals surface area (Å²) in [4.78, 5) is 27.0. The summed E-state index contributed by atoms with van der Waals surface area (Å²) in [5.41, 5.74) is 2.41. The molecule has 2 aromatic heterocycles. The first-order chi connectivity index (χ1) is 12.0. The largest absolute Gasteiger partial charge is 0.477 e. The summed E-state index contributed by atoms with van der Waals surface area (Å²) in [7, 11) is 0. The number of carboxylic acids is 1. The zero-order valence-electron chi connectivity index (χ0n) is 12.6. The number of hydrogen-bond donors (Lipinski definition) is 2. The van der Waals surface area contributed by atoms with E-state index in [1.54, 1.807) is 0 Å². The number of hydrogen-bond acceptors (Lipinski definition) is 4. The molecule has 26 heavy (non-hydrogen) atoms. The standard InChI is InChI=1S/C15H8ClF4N3O3/c16-15(20)3-5-9(2-10(15)19)23(4-6(11(5)24)14(25)26)13-8(18)1-7(17)12(21)22-13/h1-2,4H,3H2,(H2,21,22)(H,25,26). The predicted octanol–water partition coefficient (Wildman–Crippen LogP) is 2.56. The number of halogens is 5. The summed E-state index contributed by atoms with van der Waals surface area (Å²) >= 11 is 5.36.